The van der Waals surface area contributed by atoms with Crippen LogP contribution in [0.15, 0.2) is 75.8 Å². The molecule has 0 aliphatic carbocycles. The summed E-state index contributed by atoms with van der Waals surface area (Å²) < 4.78 is 10.9. The predicted octanol–water partition coefficient (Wildman–Crippen LogP) is 4.52. The van der Waals surface area contributed by atoms with Gasteiger partial charge < -0.3 is 19.5 Å². The lowest BCUT2D eigenvalue weighted by Gasteiger charge is -2.18. The van der Waals surface area contributed by atoms with E-state index in [1.807, 2.05) is 44.2 Å². The maximum Gasteiger partial charge on any atom is 0.287 e. The Morgan fingerprint density at radius 1 is 1.03 bits per heavy atom. The van der Waals surface area contributed by atoms with E-state index in [0.717, 1.165) is 5.56 Å². The zero-order chi connectivity index (χ0) is 21.8. The van der Waals surface area contributed by atoms with Crippen molar-refractivity contribution in [1.82, 2.24) is 10.3 Å². The van der Waals surface area contributed by atoms with E-state index in [1.165, 1.54) is 6.26 Å². The second kappa shape index (κ2) is 8.87. The van der Waals surface area contributed by atoms with Crippen LogP contribution in [0.2, 0.25) is 0 Å². The van der Waals surface area contributed by atoms with Crippen molar-refractivity contribution in [2.45, 2.75) is 32.2 Å². The first-order valence-corrected chi connectivity index (χ1v) is 10.1. The fraction of sp³-hybridized carbons (Fsp3) is 0.208. The molecule has 0 bridgehead atoms. The minimum Gasteiger partial charge on any atom is -0.459 e. The first-order chi connectivity index (χ1) is 15.0. The van der Waals surface area contributed by atoms with Crippen molar-refractivity contribution in [3.8, 4) is 0 Å². The van der Waals surface area contributed by atoms with Gasteiger partial charge in [0, 0.05) is 18.0 Å². The Morgan fingerprint density at radius 2 is 1.84 bits per heavy atom. The number of hydrogen-bond donors (Lipinski definition) is 2. The molecule has 0 saturated carbocycles. The van der Waals surface area contributed by atoms with Gasteiger partial charge in [-0.25, -0.2) is 4.98 Å². The Labute approximate surface area is 179 Å². The maximum atomic E-state index is 13.1. The van der Waals surface area contributed by atoms with E-state index < -0.39 is 11.9 Å². The van der Waals surface area contributed by atoms with Gasteiger partial charge >= 0.3 is 0 Å². The van der Waals surface area contributed by atoms with E-state index in [9.17, 15) is 9.59 Å². The van der Waals surface area contributed by atoms with Crippen LogP contribution in [0.3, 0.4) is 0 Å². The fourth-order valence-corrected chi connectivity index (χ4v) is 3.20. The van der Waals surface area contributed by atoms with Crippen molar-refractivity contribution in [1.29, 1.82) is 0 Å². The summed E-state index contributed by atoms with van der Waals surface area (Å²) in [7, 11) is 0. The van der Waals surface area contributed by atoms with Gasteiger partial charge in [-0.1, -0.05) is 44.2 Å². The van der Waals surface area contributed by atoms with E-state index in [1.54, 1.807) is 30.3 Å². The summed E-state index contributed by atoms with van der Waals surface area (Å²) >= 11 is 0. The number of aromatic nitrogens is 1. The van der Waals surface area contributed by atoms with Crippen LogP contribution in [-0.2, 0) is 11.2 Å². The zero-order valence-corrected chi connectivity index (χ0v) is 17.3. The number of nitrogens with one attached hydrogen (secondary N) is 2. The van der Waals surface area contributed by atoms with Crippen LogP contribution < -0.4 is 10.6 Å². The molecule has 7 heteroatoms. The molecule has 0 aliphatic rings. The Bertz CT molecular complexity index is 1180. The lowest BCUT2D eigenvalue weighted by molar-refractivity contribution is -0.118. The van der Waals surface area contributed by atoms with Crippen LogP contribution >= 0.6 is 0 Å². The molecule has 31 heavy (non-hydrogen) atoms. The predicted molar refractivity (Wildman–Crippen MR) is 117 cm³/mol. The molecule has 158 valence electrons. The number of nitrogens with zero attached hydrogens (tertiary/aromatic N) is 1. The first kappa shape index (κ1) is 20.4. The molecule has 0 fully saturated rings. The summed E-state index contributed by atoms with van der Waals surface area (Å²) in [6.07, 6.45) is 1.75. The molecule has 2 aromatic carbocycles. The molecule has 7 nitrogen and oxygen atoms in total. The number of amides is 2. The Kier molecular flexibility index (Phi) is 5.84. The third-order valence-corrected chi connectivity index (χ3v) is 4.81. The highest BCUT2D eigenvalue weighted by molar-refractivity contribution is 6.01. The lowest BCUT2D eigenvalue weighted by atomic mass is 10.0. The van der Waals surface area contributed by atoms with Crippen LogP contribution in [0.4, 0.5) is 5.69 Å². The summed E-state index contributed by atoms with van der Waals surface area (Å²) in [4.78, 5) is 30.0. The number of carbonyl (C=O) groups excluding carboxylic acids is 2. The number of carbonyl (C=O) groups is 2. The van der Waals surface area contributed by atoms with Crippen LogP contribution in [-0.4, -0.2) is 22.8 Å². The van der Waals surface area contributed by atoms with E-state index in [-0.39, 0.29) is 17.6 Å². The van der Waals surface area contributed by atoms with Gasteiger partial charge in [-0.2, -0.15) is 0 Å². The highest BCUT2D eigenvalue weighted by Gasteiger charge is 2.23. The molecule has 2 heterocycles. The van der Waals surface area contributed by atoms with E-state index in [0.29, 0.717) is 29.1 Å². The lowest BCUT2D eigenvalue weighted by Crippen LogP contribution is -2.45. The first-order valence-electron chi connectivity index (χ1n) is 10.1. The quantitative estimate of drug-likeness (QED) is 0.461. The van der Waals surface area contributed by atoms with Gasteiger partial charge in [0.1, 0.15) is 11.6 Å². The highest BCUT2D eigenvalue weighted by atomic mass is 16.3. The van der Waals surface area contributed by atoms with Crippen LogP contribution in [0.1, 0.15) is 41.8 Å². The monoisotopic (exact) mass is 417 g/mol. The molecule has 0 unspecified atom stereocenters. The molecule has 2 N–H and O–H groups in total. The average molecular weight is 417 g/mol. The Hall–Kier alpha value is -3.87. The van der Waals surface area contributed by atoms with Crippen molar-refractivity contribution in [3.63, 3.8) is 0 Å². The fourth-order valence-electron chi connectivity index (χ4n) is 3.20. The third-order valence-electron chi connectivity index (χ3n) is 4.81. The topological polar surface area (TPSA) is 97.4 Å². The number of fused-ring (bicyclic) bond motifs is 1. The molecule has 0 saturated heterocycles. The van der Waals surface area contributed by atoms with E-state index >= 15 is 0 Å². The molecule has 4 rings (SSSR count). The van der Waals surface area contributed by atoms with Gasteiger partial charge in [-0.15, -0.1) is 0 Å². The van der Waals surface area contributed by atoms with Crippen molar-refractivity contribution < 1.29 is 18.4 Å². The van der Waals surface area contributed by atoms with Gasteiger partial charge in [-0.3, -0.25) is 9.59 Å². The number of oxazole rings is 1. The van der Waals surface area contributed by atoms with Crippen molar-refractivity contribution >= 4 is 28.6 Å². The number of furan rings is 1. The van der Waals surface area contributed by atoms with Gasteiger partial charge in [0.2, 0.25) is 5.91 Å². The SMILES string of the molecule is CC(C)c1nc2cc(NC(=O)[C@@H](Cc3ccccc3)NC(=O)c3ccco3)ccc2o1. The summed E-state index contributed by atoms with van der Waals surface area (Å²) in [5, 5.41) is 5.64. The second-order valence-corrected chi connectivity index (χ2v) is 7.57. The number of anilines is 1. The van der Waals surface area contributed by atoms with Crippen molar-refractivity contribution in [2.24, 2.45) is 0 Å². The summed E-state index contributed by atoms with van der Waals surface area (Å²) in [5.74, 6) is 0.171. The van der Waals surface area contributed by atoms with E-state index in [2.05, 4.69) is 15.6 Å². The smallest absolute Gasteiger partial charge is 0.287 e. The van der Waals surface area contributed by atoms with Gasteiger partial charge in [0.25, 0.3) is 5.91 Å². The standard InChI is InChI=1S/C24H23N3O4/c1-15(2)24-27-18-14-17(10-11-20(18)31-24)25-22(28)19(13-16-7-4-3-5-8-16)26-23(29)21-9-6-12-30-21/h3-12,14-15,19H,13H2,1-2H3,(H,25,28)(H,26,29)/t19-/m1/s1. The largest absolute Gasteiger partial charge is 0.459 e. The number of benzene rings is 2. The summed E-state index contributed by atoms with van der Waals surface area (Å²) in [6.45, 7) is 4.01. The summed E-state index contributed by atoms with van der Waals surface area (Å²) in [6, 6.07) is 17.2. The van der Waals surface area contributed by atoms with Crippen LogP contribution in [0.25, 0.3) is 11.1 Å². The molecule has 2 amide bonds. The van der Waals surface area contributed by atoms with Crippen molar-refractivity contribution in [2.75, 3.05) is 5.32 Å². The van der Waals surface area contributed by atoms with Gasteiger partial charge in [0.15, 0.2) is 17.2 Å². The van der Waals surface area contributed by atoms with Crippen LogP contribution in [0, 0.1) is 0 Å². The Balaban J connectivity index is 1.54. The molecular formula is C24H23N3O4. The minimum absolute atomic E-state index is 0.149. The normalized spacial score (nSPS) is 12.1. The van der Waals surface area contributed by atoms with E-state index in [4.69, 9.17) is 8.83 Å². The molecule has 4 aromatic rings. The number of rotatable bonds is 7. The van der Waals surface area contributed by atoms with Gasteiger partial charge in [0.05, 0.1) is 6.26 Å². The zero-order valence-electron chi connectivity index (χ0n) is 17.3. The number of hydrogen-bond acceptors (Lipinski definition) is 5. The second-order valence-electron chi connectivity index (χ2n) is 7.57. The van der Waals surface area contributed by atoms with Crippen molar-refractivity contribution in [3.05, 3.63) is 84.1 Å². The Morgan fingerprint density at radius 3 is 2.55 bits per heavy atom. The average Bonchev–Trinajstić information content (AvgIpc) is 3.44. The van der Waals surface area contributed by atoms with Gasteiger partial charge in [-0.05, 0) is 35.9 Å². The summed E-state index contributed by atoms with van der Waals surface area (Å²) in [5.41, 5.74) is 2.83. The molecule has 1 atom stereocenters. The minimum atomic E-state index is -0.792. The molecule has 0 radical (unpaired) electrons. The third kappa shape index (κ3) is 4.83. The molecule has 2 aromatic heterocycles. The highest BCUT2D eigenvalue weighted by Crippen LogP contribution is 2.24. The molecular weight excluding hydrogens is 394 g/mol. The maximum absolute atomic E-state index is 13.1. The van der Waals surface area contributed by atoms with Crippen LogP contribution in [0.5, 0.6) is 0 Å². The molecule has 0 spiro atoms. The molecule has 0 aliphatic heterocycles.